The molecule has 1 N–H and O–H groups in total. The van der Waals surface area contributed by atoms with Crippen molar-refractivity contribution in [1.29, 1.82) is 5.26 Å². The van der Waals surface area contributed by atoms with Gasteiger partial charge in [-0.3, -0.25) is 4.79 Å². The Balaban J connectivity index is 0.000000187. The van der Waals surface area contributed by atoms with Gasteiger partial charge in [-0.25, -0.2) is 0 Å². The minimum absolute atomic E-state index is 0.00347. The lowest BCUT2D eigenvalue weighted by Crippen LogP contribution is -2.35. The Kier molecular flexibility index (Phi) is 8.53. The van der Waals surface area contributed by atoms with Crippen molar-refractivity contribution in [2.75, 3.05) is 19.6 Å². The fourth-order valence-electron chi connectivity index (χ4n) is 4.35. The summed E-state index contributed by atoms with van der Waals surface area (Å²) < 4.78 is 5.39. The number of carbonyl (C=O) groups is 1. The fraction of sp³-hybridized carbons (Fsp3) is 0.609. The molecule has 0 unspecified atom stereocenters. The first-order valence-electron chi connectivity index (χ1n) is 11.0. The predicted octanol–water partition coefficient (Wildman–Crippen LogP) is 5.03. The summed E-state index contributed by atoms with van der Waals surface area (Å²) in [5.74, 6) is 0.402. The number of nitrogens with zero attached hydrogens (tertiary/aromatic N) is 3. The van der Waals surface area contributed by atoms with Crippen LogP contribution < -0.4 is 5.32 Å². The van der Waals surface area contributed by atoms with Crippen LogP contribution in [0, 0.1) is 11.3 Å². The van der Waals surface area contributed by atoms with Crippen LogP contribution in [0.15, 0.2) is 22.7 Å². The Morgan fingerprint density at radius 1 is 1.27 bits per heavy atom. The number of hydrogen-bond acceptors (Lipinski definition) is 5. The topological polar surface area (TPSA) is 82.2 Å². The standard InChI is InChI=1S/C14H17ClN2O.C9H14N2O/c1-2-17-7-5-10(6-8-17)14-12-4-3-11(15)9-13(12)18-16-14;10-7-6-9(12)11-8-4-2-1-3-5-8/h3-4,9-10H,2,5-8H2,1H3;8H,1-6H2,(H,11,12). The molecule has 7 heteroatoms. The molecule has 1 saturated carbocycles. The van der Waals surface area contributed by atoms with E-state index in [0.717, 1.165) is 62.0 Å². The number of fused-ring (bicyclic) bond motifs is 1. The molecule has 1 aliphatic heterocycles. The zero-order chi connectivity index (χ0) is 21.3. The summed E-state index contributed by atoms with van der Waals surface area (Å²) in [6.07, 6.45) is 8.18. The Morgan fingerprint density at radius 3 is 2.67 bits per heavy atom. The van der Waals surface area contributed by atoms with Crippen LogP contribution >= 0.6 is 11.6 Å². The second-order valence-electron chi connectivity index (χ2n) is 8.15. The molecule has 1 aliphatic carbocycles. The molecule has 30 heavy (non-hydrogen) atoms. The normalized spacial score (nSPS) is 18.4. The first-order valence-corrected chi connectivity index (χ1v) is 11.4. The third-order valence-corrected chi connectivity index (χ3v) is 6.33. The lowest BCUT2D eigenvalue weighted by Gasteiger charge is -2.29. The van der Waals surface area contributed by atoms with E-state index in [2.05, 4.69) is 22.3 Å². The lowest BCUT2D eigenvalue weighted by atomic mass is 9.92. The summed E-state index contributed by atoms with van der Waals surface area (Å²) in [5.41, 5.74) is 1.91. The average Bonchev–Trinajstić information content (AvgIpc) is 3.18. The van der Waals surface area contributed by atoms with Crippen LogP contribution in [0.1, 0.15) is 69.9 Å². The van der Waals surface area contributed by atoms with Crippen LogP contribution in [0.25, 0.3) is 11.0 Å². The number of nitriles is 1. The van der Waals surface area contributed by atoms with Gasteiger partial charge in [-0.2, -0.15) is 5.26 Å². The molecule has 2 fully saturated rings. The summed E-state index contributed by atoms with van der Waals surface area (Å²) in [5, 5.41) is 17.2. The predicted molar refractivity (Wildman–Crippen MR) is 118 cm³/mol. The van der Waals surface area contributed by atoms with Gasteiger partial charge in [0.15, 0.2) is 5.58 Å². The molecular weight excluding hydrogens is 400 g/mol. The number of amides is 1. The first-order chi connectivity index (χ1) is 14.6. The molecule has 0 spiro atoms. The number of benzene rings is 1. The van der Waals surface area contributed by atoms with E-state index >= 15 is 0 Å². The molecule has 1 aromatic carbocycles. The van der Waals surface area contributed by atoms with Crippen LogP contribution in [0.5, 0.6) is 0 Å². The van der Waals surface area contributed by atoms with Gasteiger partial charge in [0.1, 0.15) is 6.42 Å². The smallest absolute Gasteiger partial charge is 0.234 e. The second kappa shape index (κ2) is 11.3. The summed E-state index contributed by atoms with van der Waals surface area (Å²) in [7, 11) is 0. The van der Waals surface area contributed by atoms with E-state index in [9.17, 15) is 4.79 Å². The molecule has 2 heterocycles. The van der Waals surface area contributed by atoms with Crippen molar-refractivity contribution in [3.8, 4) is 6.07 Å². The number of halogens is 1. The third kappa shape index (κ3) is 6.20. The summed E-state index contributed by atoms with van der Waals surface area (Å²) in [4.78, 5) is 13.5. The fourth-order valence-corrected chi connectivity index (χ4v) is 4.51. The van der Waals surface area contributed by atoms with Gasteiger partial charge < -0.3 is 14.7 Å². The van der Waals surface area contributed by atoms with E-state index < -0.39 is 0 Å². The Morgan fingerprint density at radius 2 is 2.00 bits per heavy atom. The minimum Gasteiger partial charge on any atom is -0.356 e. The monoisotopic (exact) mass is 430 g/mol. The quantitative estimate of drug-likeness (QED) is 0.735. The van der Waals surface area contributed by atoms with Crippen LogP contribution in [-0.2, 0) is 4.79 Å². The molecule has 0 bridgehead atoms. The minimum atomic E-state index is -0.121. The number of aromatic nitrogens is 1. The molecule has 6 nitrogen and oxygen atoms in total. The van der Waals surface area contributed by atoms with Crippen molar-refractivity contribution >= 4 is 28.5 Å². The van der Waals surface area contributed by atoms with Crippen LogP contribution in [0.4, 0.5) is 0 Å². The highest BCUT2D eigenvalue weighted by molar-refractivity contribution is 6.31. The Bertz CT molecular complexity index is 862. The van der Waals surface area contributed by atoms with Crippen molar-refractivity contribution in [3.05, 3.63) is 28.9 Å². The van der Waals surface area contributed by atoms with Gasteiger partial charge in [-0.05, 0) is 57.5 Å². The largest absolute Gasteiger partial charge is 0.356 e. The molecule has 1 amide bonds. The lowest BCUT2D eigenvalue weighted by molar-refractivity contribution is -0.121. The molecule has 1 saturated heterocycles. The van der Waals surface area contributed by atoms with Gasteiger partial charge >= 0.3 is 0 Å². The highest BCUT2D eigenvalue weighted by Gasteiger charge is 2.24. The van der Waals surface area contributed by atoms with Gasteiger partial charge in [0.2, 0.25) is 5.91 Å². The van der Waals surface area contributed by atoms with Gasteiger partial charge in [0.25, 0.3) is 0 Å². The van der Waals surface area contributed by atoms with Crippen LogP contribution in [-0.4, -0.2) is 41.6 Å². The molecule has 2 aliphatic rings. The maximum Gasteiger partial charge on any atom is 0.234 e. The van der Waals surface area contributed by atoms with E-state index in [1.807, 2.05) is 24.3 Å². The van der Waals surface area contributed by atoms with Crippen molar-refractivity contribution in [3.63, 3.8) is 0 Å². The first kappa shape index (κ1) is 22.6. The highest BCUT2D eigenvalue weighted by Crippen LogP contribution is 2.33. The molecule has 0 radical (unpaired) electrons. The average molecular weight is 431 g/mol. The number of carbonyl (C=O) groups excluding carboxylic acids is 1. The van der Waals surface area contributed by atoms with E-state index in [1.165, 1.54) is 19.3 Å². The summed E-state index contributed by atoms with van der Waals surface area (Å²) >= 11 is 5.96. The number of rotatable bonds is 4. The van der Waals surface area contributed by atoms with Gasteiger partial charge in [0, 0.05) is 28.4 Å². The van der Waals surface area contributed by atoms with Gasteiger partial charge in [0.05, 0.1) is 11.8 Å². The number of hydrogen-bond donors (Lipinski definition) is 1. The van der Waals surface area contributed by atoms with Gasteiger partial charge in [-0.1, -0.05) is 42.9 Å². The molecule has 1 aromatic heterocycles. The Labute approximate surface area is 183 Å². The van der Waals surface area contributed by atoms with Crippen molar-refractivity contribution < 1.29 is 9.32 Å². The molecule has 4 rings (SSSR count). The molecule has 0 atom stereocenters. The molecule has 162 valence electrons. The highest BCUT2D eigenvalue weighted by atomic mass is 35.5. The van der Waals surface area contributed by atoms with E-state index in [0.29, 0.717) is 17.0 Å². The van der Waals surface area contributed by atoms with Crippen LogP contribution in [0.3, 0.4) is 0 Å². The third-order valence-electron chi connectivity index (χ3n) is 6.09. The SMILES string of the molecule is CCN1CCC(c2noc3cc(Cl)ccc23)CC1.N#CCC(=O)NC1CCCCC1. The zero-order valence-corrected chi connectivity index (χ0v) is 18.5. The summed E-state index contributed by atoms with van der Waals surface area (Å²) in [6.45, 7) is 5.67. The van der Waals surface area contributed by atoms with E-state index in [1.54, 1.807) is 0 Å². The Hall–Kier alpha value is -2.10. The number of nitrogens with one attached hydrogen (secondary N) is 1. The summed E-state index contributed by atoms with van der Waals surface area (Å²) in [6, 6.07) is 7.95. The number of likely N-dealkylation sites (tertiary alicyclic amines) is 1. The molecule has 2 aromatic rings. The molecular formula is C23H31ClN4O2. The van der Waals surface area contributed by atoms with Gasteiger partial charge in [-0.15, -0.1) is 0 Å². The maximum absolute atomic E-state index is 11.0. The van der Waals surface area contributed by atoms with E-state index in [-0.39, 0.29) is 12.3 Å². The number of piperidine rings is 1. The maximum atomic E-state index is 11.0. The van der Waals surface area contributed by atoms with Crippen LogP contribution in [0.2, 0.25) is 5.02 Å². The van der Waals surface area contributed by atoms with E-state index in [4.69, 9.17) is 21.4 Å². The second-order valence-corrected chi connectivity index (χ2v) is 8.59. The van der Waals surface area contributed by atoms with Crippen molar-refractivity contribution in [2.24, 2.45) is 0 Å². The van der Waals surface area contributed by atoms with Crippen molar-refractivity contribution in [1.82, 2.24) is 15.4 Å². The van der Waals surface area contributed by atoms with Crippen molar-refractivity contribution in [2.45, 2.75) is 70.3 Å². The zero-order valence-electron chi connectivity index (χ0n) is 17.7.